The van der Waals surface area contributed by atoms with Crippen molar-refractivity contribution in [1.29, 1.82) is 0 Å². The molecule has 0 saturated carbocycles. The van der Waals surface area contributed by atoms with E-state index in [1.807, 2.05) is 13.8 Å². The third-order valence-corrected chi connectivity index (χ3v) is 7.71. The average Bonchev–Trinajstić information content (AvgIpc) is 3.29. The van der Waals surface area contributed by atoms with E-state index in [1.54, 1.807) is 4.70 Å². The molecule has 248 valence electrons. The molecule has 2 aromatic carbocycles. The molecule has 0 fully saturated rings. The molecule has 1 heterocycles. The van der Waals surface area contributed by atoms with Crippen LogP contribution in [0.15, 0.2) is 59.7 Å². The Morgan fingerprint density at radius 3 is 1.27 bits per heavy atom. The first-order chi connectivity index (χ1) is 21.0. The number of aryl methyl sites for hydroxylation is 2. The van der Waals surface area contributed by atoms with Crippen LogP contribution in [0.3, 0.4) is 0 Å². The van der Waals surface area contributed by atoms with E-state index in [1.165, 1.54) is 92.9 Å². The van der Waals surface area contributed by atoms with Gasteiger partial charge in [-0.3, -0.25) is 0 Å². The molecule has 0 atom stereocenters. The van der Waals surface area contributed by atoms with Crippen LogP contribution < -0.4 is 0 Å². The van der Waals surface area contributed by atoms with Crippen LogP contribution in [0, 0.1) is 13.8 Å². The van der Waals surface area contributed by atoms with Crippen LogP contribution >= 0.6 is 0 Å². The standard InChI is InChI=1S/C35H50N2.2C3H7.Ni/c1-5-9-13-15-25-33-32(24-14-10-6-2)34(30-22-16-20-28(26-30)18-11-7-3)37(36)35(33)31-23-17-21-29(27-31)19-12-8-4;2*1-3-2;/h16-17,20-23,26-27H,5-15,18-19,24-25H2,1-4H3;2*1,3H2,2H3;/q;2*-1;+2. The quantitative estimate of drug-likeness (QED) is 0.0709. The van der Waals surface area contributed by atoms with Gasteiger partial charge in [-0.2, -0.15) is 12.8 Å². The van der Waals surface area contributed by atoms with E-state index in [0.717, 1.165) is 61.0 Å². The van der Waals surface area contributed by atoms with Crippen molar-refractivity contribution in [2.45, 2.75) is 151 Å². The van der Waals surface area contributed by atoms with E-state index in [0.29, 0.717) is 0 Å². The summed E-state index contributed by atoms with van der Waals surface area (Å²) in [6, 6.07) is 17.9. The van der Waals surface area contributed by atoms with Crippen LogP contribution in [-0.2, 0) is 29.3 Å². The molecule has 0 aromatic heterocycles. The zero-order valence-corrected chi connectivity index (χ0v) is 30.3. The molecular formula is C41H64N2Ni. The molecule has 0 unspecified atom stereocenters. The monoisotopic (exact) mass is 642 g/mol. The number of hydrogen-bond donors (Lipinski definition) is 0. The maximum Gasteiger partial charge on any atom is 2.00 e. The Balaban J connectivity index is 0.00000244. The fourth-order valence-corrected chi connectivity index (χ4v) is 5.58. The van der Waals surface area contributed by atoms with Gasteiger partial charge in [0.15, 0.2) is 0 Å². The molecule has 0 N–H and O–H groups in total. The van der Waals surface area contributed by atoms with Crippen LogP contribution in [0.2, 0.25) is 0 Å². The number of allylic oxidation sites excluding steroid dienone is 2. The normalized spacial score (nSPS) is 12.4. The maximum absolute atomic E-state index is 11.9. The number of rotatable bonds is 17. The summed E-state index contributed by atoms with van der Waals surface area (Å²) >= 11 is 0. The molecule has 3 rings (SSSR count). The molecular weight excluding hydrogens is 579 g/mol. The van der Waals surface area contributed by atoms with Gasteiger partial charge in [0.2, 0.25) is 11.4 Å². The summed E-state index contributed by atoms with van der Waals surface area (Å²) in [4.78, 5) is 0. The molecule has 1 aliphatic rings. The van der Waals surface area contributed by atoms with Crippen molar-refractivity contribution in [3.63, 3.8) is 0 Å². The molecule has 0 radical (unpaired) electrons. The summed E-state index contributed by atoms with van der Waals surface area (Å²) in [5.41, 5.74) is 21.7. The summed E-state index contributed by atoms with van der Waals surface area (Å²) in [7, 11) is 0. The van der Waals surface area contributed by atoms with Crippen molar-refractivity contribution < 1.29 is 21.2 Å². The summed E-state index contributed by atoms with van der Waals surface area (Å²) in [5, 5.41) is 0. The minimum Gasteiger partial charge on any atom is -0.493 e. The molecule has 0 bridgehead atoms. The maximum atomic E-state index is 11.9. The third-order valence-electron chi connectivity index (χ3n) is 7.71. The Labute approximate surface area is 283 Å². The van der Waals surface area contributed by atoms with Gasteiger partial charge in [-0.05, 0) is 86.8 Å². The molecule has 0 saturated heterocycles. The summed E-state index contributed by atoms with van der Waals surface area (Å²) in [6.45, 7) is 20.0. The number of hydrogen-bond acceptors (Lipinski definition) is 0. The SMILES string of the molecule is CCCCCCC1=C(c2cccc(CCCC)c2)[N+](=[N-])C(c2cccc(CCCC)c2)=C1CCCCC.[CH2-]CC.[CH2-]CC.[Ni+2]. The van der Waals surface area contributed by atoms with E-state index < -0.39 is 0 Å². The summed E-state index contributed by atoms with van der Waals surface area (Å²) < 4.78 is 1.56. The molecule has 0 aliphatic carbocycles. The van der Waals surface area contributed by atoms with Gasteiger partial charge < -0.3 is 19.4 Å². The van der Waals surface area contributed by atoms with E-state index in [2.05, 4.69) is 90.1 Å². The van der Waals surface area contributed by atoms with Gasteiger partial charge in [-0.15, -0.1) is 0 Å². The molecule has 2 nitrogen and oxygen atoms in total. The van der Waals surface area contributed by atoms with Gasteiger partial charge in [0.25, 0.3) is 0 Å². The van der Waals surface area contributed by atoms with E-state index in [9.17, 15) is 5.53 Å². The minimum atomic E-state index is 0. The van der Waals surface area contributed by atoms with Crippen molar-refractivity contribution in [1.82, 2.24) is 0 Å². The van der Waals surface area contributed by atoms with Crippen molar-refractivity contribution >= 4 is 11.4 Å². The number of nitrogens with zero attached hydrogens (tertiary/aromatic N) is 2. The van der Waals surface area contributed by atoms with Gasteiger partial charge in [-0.1, -0.05) is 111 Å². The first-order valence-corrected chi connectivity index (χ1v) is 17.7. The number of benzene rings is 2. The van der Waals surface area contributed by atoms with Crippen molar-refractivity contribution in [3.05, 3.63) is 101 Å². The first kappa shape index (κ1) is 42.0. The summed E-state index contributed by atoms with van der Waals surface area (Å²) in [5.74, 6) is 0. The second-order valence-corrected chi connectivity index (χ2v) is 11.8. The predicted molar refractivity (Wildman–Crippen MR) is 192 cm³/mol. The Hall–Kier alpha value is -1.99. The van der Waals surface area contributed by atoms with Gasteiger partial charge in [-0.25, -0.2) is 4.70 Å². The van der Waals surface area contributed by atoms with Crippen molar-refractivity contribution in [3.8, 4) is 0 Å². The van der Waals surface area contributed by atoms with Gasteiger partial charge in [0, 0.05) is 22.3 Å². The van der Waals surface area contributed by atoms with E-state index >= 15 is 0 Å². The Morgan fingerprint density at radius 2 is 0.886 bits per heavy atom. The van der Waals surface area contributed by atoms with Crippen molar-refractivity contribution in [2.75, 3.05) is 0 Å². The molecule has 44 heavy (non-hydrogen) atoms. The second kappa shape index (κ2) is 26.3. The zero-order valence-electron chi connectivity index (χ0n) is 29.3. The zero-order chi connectivity index (χ0) is 31.9. The summed E-state index contributed by atoms with van der Waals surface area (Å²) in [6.07, 6.45) is 19.6. The predicted octanol–water partition coefficient (Wildman–Crippen LogP) is 13.6. The number of unbranched alkanes of at least 4 members (excludes halogenated alkanes) is 7. The molecule has 3 heteroatoms. The first-order valence-electron chi connectivity index (χ1n) is 17.7. The Bertz CT molecular complexity index is 1110. The van der Waals surface area contributed by atoms with Gasteiger partial charge in [0.1, 0.15) is 0 Å². The largest absolute Gasteiger partial charge is 2.00 e. The third kappa shape index (κ3) is 14.4. The molecule has 0 spiro atoms. The topological polar surface area (TPSA) is 25.3 Å². The van der Waals surface area contributed by atoms with Crippen molar-refractivity contribution in [2.24, 2.45) is 0 Å². The fourth-order valence-electron chi connectivity index (χ4n) is 5.58. The smallest absolute Gasteiger partial charge is 0.493 e. The van der Waals surface area contributed by atoms with Gasteiger partial charge >= 0.3 is 16.5 Å². The van der Waals surface area contributed by atoms with E-state index in [4.69, 9.17) is 0 Å². The van der Waals surface area contributed by atoms with Crippen LogP contribution in [0.25, 0.3) is 16.9 Å². The van der Waals surface area contributed by atoms with Crippen LogP contribution in [0.4, 0.5) is 0 Å². The Morgan fingerprint density at radius 1 is 0.523 bits per heavy atom. The molecule has 0 amide bonds. The van der Waals surface area contributed by atoms with Crippen LogP contribution in [0.1, 0.15) is 160 Å². The van der Waals surface area contributed by atoms with E-state index in [-0.39, 0.29) is 16.5 Å². The second-order valence-electron chi connectivity index (χ2n) is 11.8. The fraction of sp³-hybridized carbons (Fsp3) is 0.561. The van der Waals surface area contributed by atoms with Crippen LogP contribution in [0.5, 0.6) is 0 Å². The Kier molecular flexibility index (Phi) is 25.1. The molecule has 1 aliphatic heterocycles. The van der Waals surface area contributed by atoms with Crippen LogP contribution in [-0.4, -0.2) is 4.70 Å². The molecule has 2 aromatic rings. The van der Waals surface area contributed by atoms with Gasteiger partial charge in [0.05, 0.1) is 0 Å². The average molecular weight is 644 g/mol. The minimum absolute atomic E-state index is 0.